The first kappa shape index (κ1) is 17.2. The number of nitrogens with one attached hydrogen (secondary N) is 1. The van der Waals surface area contributed by atoms with Crippen molar-refractivity contribution in [3.63, 3.8) is 0 Å². The largest absolute Gasteiger partial charge is 0.416 e. The summed E-state index contributed by atoms with van der Waals surface area (Å²) in [7, 11) is 0. The highest BCUT2D eigenvalue weighted by Crippen LogP contribution is 2.48. The van der Waals surface area contributed by atoms with E-state index < -0.39 is 22.7 Å². The second-order valence-corrected chi connectivity index (χ2v) is 6.81. The Morgan fingerprint density at radius 3 is 2.46 bits per heavy atom. The van der Waals surface area contributed by atoms with Gasteiger partial charge in [0, 0.05) is 25.2 Å². The number of halogens is 3. The molecule has 132 valence electrons. The first-order valence-electron chi connectivity index (χ1n) is 8.08. The Labute approximate surface area is 138 Å². The van der Waals surface area contributed by atoms with Crippen molar-refractivity contribution in [1.82, 2.24) is 5.32 Å². The first-order chi connectivity index (χ1) is 11.3. The molecular weight excluding hydrogens is 321 g/mol. The highest BCUT2D eigenvalue weighted by Gasteiger charge is 2.46. The predicted molar refractivity (Wildman–Crippen MR) is 82.3 cm³/mol. The lowest BCUT2D eigenvalue weighted by atomic mass is 9.89. The van der Waals surface area contributed by atoms with E-state index in [0.717, 1.165) is 18.9 Å². The van der Waals surface area contributed by atoms with Crippen molar-refractivity contribution >= 4 is 5.91 Å². The second kappa shape index (κ2) is 6.04. The van der Waals surface area contributed by atoms with Crippen LogP contribution < -0.4 is 11.1 Å². The van der Waals surface area contributed by atoms with E-state index in [1.807, 2.05) is 0 Å². The molecule has 0 spiro atoms. The Balaban J connectivity index is 1.68. The number of alkyl halides is 3. The van der Waals surface area contributed by atoms with Gasteiger partial charge in [-0.25, -0.2) is 0 Å². The van der Waals surface area contributed by atoms with Crippen LogP contribution in [0.3, 0.4) is 0 Å². The van der Waals surface area contributed by atoms with E-state index in [9.17, 15) is 18.0 Å². The Morgan fingerprint density at radius 2 is 1.88 bits per heavy atom. The van der Waals surface area contributed by atoms with Gasteiger partial charge in [-0.1, -0.05) is 18.2 Å². The molecule has 3 N–H and O–H groups in total. The standard InChI is InChI=1S/C17H21F3N2O2/c18-17(19,20)13-3-1-2-12(10-13)15(4-5-15)11-22-14(23)16(21)6-8-24-9-7-16/h1-3,10H,4-9,11,21H2,(H,22,23). The molecule has 2 fully saturated rings. The lowest BCUT2D eigenvalue weighted by molar-refractivity contribution is -0.137. The zero-order chi connectivity index (χ0) is 17.4. The van der Waals surface area contributed by atoms with Crippen LogP contribution in [0.2, 0.25) is 0 Å². The van der Waals surface area contributed by atoms with Crippen LogP contribution in [0, 0.1) is 0 Å². The third-order valence-electron chi connectivity index (χ3n) is 5.08. The van der Waals surface area contributed by atoms with Gasteiger partial charge in [0.2, 0.25) is 5.91 Å². The molecule has 1 aliphatic heterocycles. The van der Waals surface area contributed by atoms with Gasteiger partial charge in [-0.05, 0) is 37.3 Å². The number of benzene rings is 1. The normalized spacial score (nSPS) is 22.0. The number of nitrogens with two attached hydrogens (primary N) is 1. The summed E-state index contributed by atoms with van der Waals surface area (Å²) in [6.45, 7) is 1.21. The van der Waals surface area contributed by atoms with Gasteiger partial charge in [0.25, 0.3) is 0 Å². The van der Waals surface area contributed by atoms with Gasteiger partial charge < -0.3 is 15.8 Å². The Bertz CT molecular complexity index is 621. The quantitative estimate of drug-likeness (QED) is 0.883. The van der Waals surface area contributed by atoms with E-state index >= 15 is 0 Å². The lowest BCUT2D eigenvalue weighted by Crippen LogP contribution is -2.57. The highest BCUT2D eigenvalue weighted by molar-refractivity contribution is 5.86. The van der Waals surface area contributed by atoms with Gasteiger partial charge in [0.1, 0.15) is 0 Å². The summed E-state index contributed by atoms with van der Waals surface area (Å²) < 4.78 is 43.9. The van der Waals surface area contributed by atoms with Crippen molar-refractivity contribution in [3.8, 4) is 0 Å². The molecule has 2 aliphatic rings. The fourth-order valence-electron chi connectivity index (χ4n) is 3.13. The number of hydrogen-bond acceptors (Lipinski definition) is 3. The monoisotopic (exact) mass is 342 g/mol. The summed E-state index contributed by atoms with van der Waals surface area (Å²) in [5, 5.41) is 2.85. The number of hydrogen-bond donors (Lipinski definition) is 2. The van der Waals surface area contributed by atoms with Gasteiger partial charge in [0.15, 0.2) is 0 Å². The molecule has 0 unspecified atom stereocenters. The molecule has 0 aromatic heterocycles. The SMILES string of the molecule is NC1(C(=O)NCC2(c3cccc(C(F)(F)F)c3)CC2)CCOCC1. The topological polar surface area (TPSA) is 64.4 Å². The maximum atomic E-state index is 12.9. The molecule has 0 atom stereocenters. The van der Waals surface area contributed by atoms with E-state index in [0.29, 0.717) is 38.2 Å². The molecule has 0 radical (unpaired) electrons. The molecule has 1 heterocycles. The minimum absolute atomic E-state index is 0.246. The number of carbonyl (C=O) groups is 1. The van der Waals surface area contributed by atoms with E-state index in [1.165, 1.54) is 12.1 Å². The van der Waals surface area contributed by atoms with Crippen LogP contribution in [0.1, 0.15) is 36.8 Å². The number of rotatable bonds is 4. The molecule has 0 bridgehead atoms. The predicted octanol–water partition coefficient (Wildman–Crippen LogP) is 2.36. The van der Waals surface area contributed by atoms with Crippen molar-refractivity contribution in [3.05, 3.63) is 35.4 Å². The van der Waals surface area contributed by atoms with E-state index in [4.69, 9.17) is 10.5 Å². The van der Waals surface area contributed by atoms with Crippen LogP contribution >= 0.6 is 0 Å². The summed E-state index contributed by atoms with van der Waals surface area (Å²) >= 11 is 0. The van der Waals surface area contributed by atoms with Crippen LogP contribution in [0.25, 0.3) is 0 Å². The maximum Gasteiger partial charge on any atom is 0.416 e. The van der Waals surface area contributed by atoms with Gasteiger partial charge in [-0.2, -0.15) is 13.2 Å². The molecule has 3 rings (SSSR count). The van der Waals surface area contributed by atoms with Gasteiger partial charge in [-0.3, -0.25) is 4.79 Å². The average molecular weight is 342 g/mol. The molecule has 1 aromatic carbocycles. The average Bonchev–Trinajstić information content (AvgIpc) is 3.34. The minimum Gasteiger partial charge on any atom is -0.381 e. The third-order valence-corrected chi connectivity index (χ3v) is 5.08. The fourth-order valence-corrected chi connectivity index (χ4v) is 3.13. The lowest BCUT2D eigenvalue weighted by Gasteiger charge is -2.32. The number of amides is 1. The highest BCUT2D eigenvalue weighted by atomic mass is 19.4. The molecule has 1 saturated heterocycles. The van der Waals surface area contributed by atoms with Crippen molar-refractivity contribution in [2.75, 3.05) is 19.8 Å². The zero-order valence-electron chi connectivity index (χ0n) is 13.3. The molecule has 7 heteroatoms. The van der Waals surface area contributed by atoms with Gasteiger partial charge in [-0.15, -0.1) is 0 Å². The summed E-state index contributed by atoms with van der Waals surface area (Å²) in [6, 6.07) is 5.37. The molecule has 4 nitrogen and oxygen atoms in total. The van der Waals surface area contributed by atoms with Crippen molar-refractivity contribution in [1.29, 1.82) is 0 Å². The molecule has 1 saturated carbocycles. The smallest absolute Gasteiger partial charge is 0.381 e. The van der Waals surface area contributed by atoms with Crippen LogP contribution in [0.15, 0.2) is 24.3 Å². The van der Waals surface area contributed by atoms with Crippen LogP contribution in [-0.2, 0) is 21.1 Å². The van der Waals surface area contributed by atoms with Crippen LogP contribution in [0.4, 0.5) is 13.2 Å². The van der Waals surface area contributed by atoms with E-state index in [1.54, 1.807) is 6.07 Å². The van der Waals surface area contributed by atoms with Crippen molar-refractivity contribution < 1.29 is 22.7 Å². The van der Waals surface area contributed by atoms with Crippen molar-refractivity contribution in [2.45, 2.75) is 42.8 Å². The van der Waals surface area contributed by atoms with Crippen LogP contribution in [-0.4, -0.2) is 31.2 Å². The summed E-state index contributed by atoms with van der Waals surface area (Å²) in [5.41, 5.74) is 4.75. The molecule has 1 aromatic rings. The Kier molecular flexibility index (Phi) is 4.34. The molecular formula is C17H21F3N2O2. The maximum absolute atomic E-state index is 12.9. The first-order valence-corrected chi connectivity index (χ1v) is 8.08. The van der Waals surface area contributed by atoms with E-state index in [-0.39, 0.29) is 5.91 Å². The van der Waals surface area contributed by atoms with Gasteiger partial charge in [0.05, 0.1) is 11.1 Å². The Hall–Kier alpha value is -1.60. The fraction of sp³-hybridized carbons (Fsp3) is 0.588. The molecule has 1 aliphatic carbocycles. The molecule has 1 amide bonds. The summed E-state index contributed by atoms with van der Waals surface area (Å²) in [6.07, 6.45) is -1.94. The second-order valence-electron chi connectivity index (χ2n) is 6.81. The number of ether oxygens (including phenoxy) is 1. The zero-order valence-corrected chi connectivity index (χ0v) is 13.3. The Morgan fingerprint density at radius 1 is 1.21 bits per heavy atom. The summed E-state index contributed by atoms with van der Waals surface area (Å²) in [5.74, 6) is -0.246. The van der Waals surface area contributed by atoms with Crippen LogP contribution in [0.5, 0.6) is 0 Å². The van der Waals surface area contributed by atoms with Gasteiger partial charge >= 0.3 is 6.18 Å². The third kappa shape index (κ3) is 3.42. The molecule has 24 heavy (non-hydrogen) atoms. The van der Waals surface area contributed by atoms with E-state index in [2.05, 4.69) is 5.32 Å². The summed E-state index contributed by atoms with van der Waals surface area (Å²) in [4.78, 5) is 12.4. The van der Waals surface area contributed by atoms with Crippen molar-refractivity contribution in [2.24, 2.45) is 5.73 Å². The number of carbonyl (C=O) groups excluding carboxylic acids is 1. The minimum atomic E-state index is -4.36.